The van der Waals surface area contributed by atoms with Gasteiger partial charge in [0.1, 0.15) is 11.3 Å². The van der Waals surface area contributed by atoms with Gasteiger partial charge in [0, 0.05) is 23.5 Å². The number of nitrogens with zero attached hydrogens (tertiary/aromatic N) is 2. The molecule has 0 aliphatic rings. The third kappa shape index (κ3) is 2.92. The van der Waals surface area contributed by atoms with Crippen LogP contribution in [-0.2, 0) is 6.42 Å². The van der Waals surface area contributed by atoms with E-state index in [-0.39, 0.29) is 18.4 Å². The van der Waals surface area contributed by atoms with E-state index in [1.807, 2.05) is 24.5 Å². The number of imidazole rings is 1. The van der Waals surface area contributed by atoms with E-state index in [0.29, 0.717) is 27.8 Å². The van der Waals surface area contributed by atoms with Crippen LogP contribution in [-0.4, -0.2) is 27.3 Å². The van der Waals surface area contributed by atoms with Gasteiger partial charge in [-0.25, -0.2) is 14.2 Å². The van der Waals surface area contributed by atoms with Crippen molar-refractivity contribution in [3.05, 3.63) is 28.2 Å². The second-order valence-electron chi connectivity index (χ2n) is 4.73. The molecule has 0 saturated carbocycles. The minimum atomic E-state index is -1.08. The van der Waals surface area contributed by atoms with Crippen LogP contribution >= 0.6 is 15.9 Å². The van der Waals surface area contributed by atoms with Gasteiger partial charge in [-0.15, -0.1) is 0 Å². The summed E-state index contributed by atoms with van der Waals surface area (Å²) in [6, 6.07) is 3.30. The molecule has 0 radical (unpaired) electrons. The first-order valence-electron chi connectivity index (χ1n) is 6.22. The van der Waals surface area contributed by atoms with Crippen molar-refractivity contribution >= 4 is 33.1 Å². The summed E-state index contributed by atoms with van der Waals surface area (Å²) < 4.78 is 16.5. The van der Waals surface area contributed by atoms with Gasteiger partial charge in [0.05, 0.1) is 5.52 Å². The predicted molar refractivity (Wildman–Crippen MR) is 77.5 cm³/mol. The lowest BCUT2D eigenvalue weighted by Crippen LogP contribution is -2.24. The van der Waals surface area contributed by atoms with Crippen LogP contribution in [0.1, 0.15) is 25.7 Å². The van der Waals surface area contributed by atoms with Crippen molar-refractivity contribution in [2.75, 3.05) is 6.54 Å². The number of hydrogen-bond donors (Lipinski definition) is 2. The summed E-state index contributed by atoms with van der Waals surface area (Å²) in [6.45, 7) is 4.20. The Morgan fingerprint density at radius 3 is 2.85 bits per heavy atom. The largest absolute Gasteiger partial charge is 0.465 e. The molecule has 7 heteroatoms. The van der Waals surface area contributed by atoms with Gasteiger partial charge in [-0.3, -0.25) is 0 Å². The first-order chi connectivity index (χ1) is 9.40. The topological polar surface area (TPSA) is 67.2 Å². The van der Waals surface area contributed by atoms with Gasteiger partial charge in [0.15, 0.2) is 5.82 Å². The number of benzene rings is 1. The van der Waals surface area contributed by atoms with Crippen LogP contribution < -0.4 is 5.32 Å². The van der Waals surface area contributed by atoms with E-state index in [1.54, 1.807) is 0 Å². The summed E-state index contributed by atoms with van der Waals surface area (Å²) in [7, 11) is 0. The molecule has 0 unspecified atom stereocenters. The lowest BCUT2D eigenvalue weighted by atomic mass is 10.2. The maximum atomic E-state index is 13.9. The molecule has 1 aromatic carbocycles. The normalized spacial score (nSPS) is 11.2. The number of aromatic nitrogens is 2. The van der Waals surface area contributed by atoms with E-state index in [1.165, 1.54) is 6.07 Å². The van der Waals surface area contributed by atoms with E-state index in [9.17, 15) is 9.18 Å². The number of fused-ring (bicyclic) bond motifs is 1. The number of hydrogen-bond acceptors (Lipinski definition) is 2. The highest BCUT2D eigenvalue weighted by molar-refractivity contribution is 9.10. The lowest BCUT2D eigenvalue weighted by Gasteiger charge is -2.13. The van der Waals surface area contributed by atoms with Crippen LogP contribution in [0.2, 0.25) is 0 Å². The maximum absolute atomic E-state index is 13.9. The van der Waals surface area contributed by atoms with Gasteiger partial charge in [0.2, 0.25) is 0 Å². The first-order valence-corrected chi connectivity index (χ1v) is 7.02. The SMILES string of the molecule is CC(C)n1c(CCNC(=O)O)nc2c(F)cc(Br)cc21. The molecule has 0 aliphatic carbocycles. The van der Waals surface area contributed by atoms with Gasteiger partial charge in [0.25, 0.3) is 0 Å². The molecule has 0 fully saturated rings. The van der Waals surface area contributed by atoms with E-state index in [0.717, 1.165) is 0 Å². The molecule has 20 heavy (non-hydrogen) atoms. The van der Waals surface area contributed by atoms with Crippen molar-refractivity contribution in [1.82, 2.24) is 14.9 Å². The van der Waals surface area contributed by atoms with Crippen molar-refractivity contribution in [1.29, 1.82) is 0 Å². The Morgan fingerprint density at radius 2 is 2.25 bits per heavy atom. The van der Waals surface area contributed by atoms with Crippen LogP contribution in [0.4, 0.5) is 9.18 Å². The zero-order valence-electron chi connectivity index (χ0n) is 11.2. The van der Waals surface area contributed by atoms with Crippen molar-refractivity contribution in [2.24, 2.45) is 0 Å². The molecule has 0 saturated heterocycles. The van der Waals surface area contributed by atoms with Crippen LogP contribution in [0, 0.1) is 5.82 Å². The fourth-order valence-corrected chi connectivity index (χ4v) is 2.62. The average molecular weight is 344 g/mol. The molecule has 108 valence electrons. The molecule has 2 rings (SSSR count). The quantitative estimate of drug-likeness (QED) is 0.894. The first kappa shape index (κ1) is 14.8. The van der Waals surface area contributed by atoms with Crippen LogP contribution in [0.25, 0.3) is 11.0 Å². The van der Waals surface area contributed by atoms with Crippen LogP contribution in [0.5, 0.6) is 0 Å². The van der Waals surface area contributed by atoms with Crippen LogP contribution in [0.15, 0.2) is 16.6 Å². The zero-order valence-corrected chi connectivity index (χ0v) is 12.7. The Bertz CT molecular complexity index is 655. The highest BCUT2D eigenvalue weighted by atomic mass is 79.9. The highest BCUT2D eigenvalue weighted by Crippen LogP contribution is 2.27. The molecule has 1 amide bonds. The van der Waals surface area contributed by atoms with Gasteiger partial charge in [-0.2, -0.15) is 0 Å². The summed E-state index contributed by atoms with van der Waals surface area (Å²) in [5, 5.41) is 10.9. The third-order valence-electron chi connectivity index (χ3n) is 2.93. The second kappa shape index (κ2) is 5.78. The monoisotopic (exact) mass is 343 g/mol. The fourth-order valence-electron chi connectivity index (χ4n) is 2.20. The number of rotatable bonds is 4. The Morgan fingerprint density at radius 1 is 1.55 bits per heavy atom. The second-order valence-corrected chi connectivity index (χ2v) is 5.64. The lowest BCUT2D eigenvalue weighted by molar-refractivity contribution is 0.194. The number of amides is 1. The molecule has 0 spiro atoms. The minimum absolute atomic E-state index is 0.105. The highest BCUT2D eigenvalue weighted by Gasteiger charge is 2.16. The summed E-state index contributed by atoms with van der Waals surface area (Å²) in [5.74, 6) is 0.280. The number of carbonyl (C=O) groups is 1. The van der Waals surface area contributed by atoms with Crippen molar-refractivity contribution in [3.8, 4) is 0 Å². The molecule has 0 aliphatic heterocycles. The number of carboxylic acid groups (broad SMARTS) is 1. The summed E-state index contributed by atoms with van der Waals surface area (Å²) in [5.41, 5.74) is 1.02. The standard InChI is InChI=1S/C13H15BrFN3O2/c1-7(2)18-10-6-8(14)5-9(15)12(10)17-11(18)3-4-16-13(19)20/h5-7,16H,3-4H2,1-2H3,(H,19,20). The number of halogens is 2. The van der Waals surface area contributed by atoms with Gasteiger partial charge < -0.3 is 15.0 Å². The summed E-state index contributed by atoms with van der Waals surface area (Å²) in [4.78, 5) is 14.8. The van der Waals surface area contributed by atoms with Crippen molar-refractivity contribution in [2.45, 2.75) is 26.3 Å². The van der Waals surface area contributed by atoms with E-state index >= 15 is 0 Å². The van der Waals surface area contributed by atoms with Crippen LogP contribution in [0.3, 0.4) is 0 Å². The van der Waals surface area contributed by atoms with Gasteiger partial charge in [-0.1, -0.05) is 15.9 Å². The van der Waals surface area contributed by atoms with E-state index < -0.39 is 6.09 Å². The Balaban J connectivity index is 2.45. The van der Waals surface area contributed by atoms with Gasteiger partial charge in [-0.05, 0) is 26.0 Å². The zero-order chi connectivity index (χ0) is 14.9. The number of nitrogens with one attached hydrogen (secondary N) is 1. The van der Waals surface area contributed by atoms with Crippen molar-refractivity contribution in [3.63, 3.8) is 0 Å². The van der Waals surface area contributed by atoms with E-state index in [4.69, 9.17) is 5.11 Å². The fraction of sp³-hybridized carbons (Fsp3) is 0.385. The minimum Gasteiger partial charge on any atom is -0.465 e. The van der Waals surface area contributed by atoms with Crippen molar-refractivity contribution < 1.29 is 14.3 Å². The predicted octanol–water partition coefficient (Wildman–Crippen LogP) is 3.33. The Kier molecular flexibility index (Phi) is 4.27. The molecule has 5 nitrogen and oxygen atoms in total. The summed E-state index contributed by atoms with van der Waals surface area (Å²) in [6.07, 6.45) is -0.665. The molecular formula is C13H15BrFN3O2. The van der Waals surface area contributed by atoms with E-state index in [2.05, 4.69) is 26.2 Å². The smallest absolute Gasteiger partial charge is 0.404 e. The molecule has 2 aromatic rings. The average Bonchev–Trinajstić information content (AvgIpc) is 2.67. The Hall–Kier alpha value is -1.63. The van der Waals surface area contributed by atoms with Gasteiger partial charge >= 0.3 is 6.09 Å². The molecular weight excluding hydrogens is 329 g/mol. The summed E-state index contributed by atoms with van der Waals surface area (Å²) >= 11 is 3.28. The molecule has 1 aromatic heterocycles. The molecule has 0 atom stereocenters. The Labute approximate surface area is 123 Å². The molecule has 2 N–H and O–H groups in total. The molecule has 1 heterocycles. The third-order valence-corrected chi connectivity index (χ3v) is 3.39. The molecule has 0 bridgehead atoms. The maximum Gasteiger partial charge on any atom is 0.404 e.